The number of fused-ring (bicyclic) bond motifs is 2. The Balaban J connectivity index is 0.000000228. The van der Waals surface area contributed by atoms with Gasteiger partial charge in [0.25, 0.3) is 11.1 Å². The molecule has 4 heterocycles. The lowest BCUT2D eigenvalue weighted by atomic mass is 9.95. The summed E-state index contributed by atoms with van der Waals surface area (Å²) < 4.78 is 0. The van der Waals surface area contributed by atoms with E-state index in [4.69, 9.17) is 32.5 Å². The first-order valence-electron chi connectivity index (χ1n) is 21.1. The average molecular weight is 999 g/mol. The maximum Gasteiger partial charge on any atom is 0.369 e. The molecule has 2 aromatic heterocycles. The fraction of sp³-hybridized carbons (Fsp3) is 0.222. The Morgan fingerprint density at radius 1 is 0.722 bits per heavy atom. The van der Waals surface area contributed by atoms with E-state index in [1.165, 1.54) is 48.6 Å². The summed E-state index contributed by atoms with van der Waals surface area (Å²) in [6.45, 7) is 1.04. The summed E-state index contributed by atoms with van der Waals surface area (Å²) in [7, 11) is 0. The second kappa shape index (κ2) is 27.6. The molecular formula is C45H48N11O16-. The van der Waals surface area contributed by atoms with Crippen LogP contribution in [0, 0.1) is 5.92 Å². The van der Waals surface area contributed by atoms with Crippen LogP contribution < -0.4 is 71.8 Å². The zero-order valence-electron chi connectivity index (χ0n) is 37.7. The molecule has 4 aromatic rings. The molecule has 2 aliphatic carbocycles. The number of benzene rings is 2. The number of carbonyl (C=O) groups is 7. The van der Waals surface area contributed by atoms with Gasteiger partial charge in [0.05, 0.1) is 23.9 Å². The average Bonchev–Trinajstić information content (AvgIpc) is 3.90. The smallest absolute Gasteiger partial charge is 0.369 e. The van der Waals surface area contributed by atoms with Crippen molar-refractivity contribution in [2.24, 2.45) is 33.1 Å². The number of anilines is 1. The Bertz CT molecular complexity index is 3170. The third kappa shape index (κ3) is 19.0. The van der Waals surface area contributed by atoms with Crippen LogP contribution in [-0.2, 0) is 48.0 Å². The summed E-state index contributed by atoms with van der Waals surface area (Å²) in [5, 5.41) is 49.8. The van der Waals surface area contributed by atoms with Gasteiger partial charge in [-0.25, -0.2) is 14.4 Å². The quantitative estimate of drug-likeness (QED) is 0.0399. The van der Waals surface area contributed by atoms with Crippen LogP contribution in [0.1, 0.15) is 29.5 Å². The van der Waals surface area contributed by atoms with Gasteiger partial charge in [0.1, 0.15) is 17.6 Å². The van der Waals surface area contributed by atoms with E-state index in [0.29, 0.717) is 37.9 Å². The first kappa shape index (κ1) is 57.0. The SMILES string of the molecule is NC(CC1C=CC(=O)C=C1)C(=O)[O-].NCCC1=CC(=O)C(=O)C=C1.NCCc1ccc(O)c(O)c1.O=C1Cc2c([nH]c(=O)[nH]c2=O)N1.O=C1N=c2[nH]c(=O)[nH]c(=O)c2=N1.[NH3+]C(Cc1ccc(O)cc1)C(=O)[O-]. The number of aromatic amines is 4. The fourth-order valence-corrected chi connectivity index (χ4v) is 5.87. The molecule has 0 spiro atoms. The molecule has 2 aromatic carbocycles. The first-order chi connectivity index (χ1) is 34.0. The predicted molar refractivity (Wildman–Crippen MR) is 247 cm³/mol. The molecule has 0 saturated carbocycles. The lowest BCUT2D eigenvalue weighted by Gasteiger charge is -2.17. The number of aliphatic carboxylic acids is 2. The standard InChI is InChI=1S/2C9H11NO3.C8H11NO2.C8H9NO2.C6H5N3O3.C5H2N4O3/c2*10-8(9(12)13)5-6-1-3-7(11)4-2-6;2*9-4-3-6-1-2-7(10)8(11)5-6;10-3-1-2-4(7-3)8-6(12)9-5(2)11;10-3-1-2(7-4(11)6-1)8-5(12)9-3/h1-4,8,11H,5,10H2,(H,12,13);1-4,6,8H,5,10H2,(H,12,13);1-2,5,10-11H,3-4,9H2;1-2,5H,3-4,9H2;1H2,(H3,7,8,9,10,11,12);(H2,7,8,9,10,11,12)/p-1. The second-order valence-corrected chi connectivity index (χ2v) is 15.1. The number of amides is 3. The van der Waals surface area contributed by atoms with Crippen molar-refractivity contribution in [2.75, 3.05) is 18.4 Å². The van der Waals surface area contributed by atoms with Gasteiger partial charge in [0, 0.05) is 12.5 Å². The number of hydrogen-bond acceptors (Lipinski definition) is 19. The number of quaternary nitrogens is 1. The number of phenols is 3. The number of nitrogens with zero attached hydrogens (tertiary/aromatic N) is 2. The van der Waals surface area contributed by atoms with Crippen LogP contribution in [-0.4, -0.2) is 102 Å². The van der Waals surface area contributed by atoms with Crippen molar-refractivity contribution in [3.05, 3.63) is 160 Å². The van der Waals surface area contributed by atoms with E-state index in [2.05, 4.69) is 31.0 Å². The van der Waals surface area contributed by atoms with E-state index in [0.717, 1.165) is 16.7 Å². The van der Waals surface area contributed by atoms with Crippen molar-refractivity contribution < 1.29 is 64.8 Å². The molecule has 2 atom stereocenters. The number of urea groups is 1. The van der Waals surface area contributed by atoms with Crippen molar-refractivity contribution >= 4 is 47.0 Å². The number of H-pyrrole nitrogens is 4. The fourth-order valence-electron chi connectivity index (χ4n) is 5.87. The van der Waals surface area contributed by atoms with Gasteiger partial charge in [-0.1, -0.05) is 36.4 Å². The molecule has 0 fully saturated rings. The van der Waals surface area contributed by atoms with Crippen LogP contribution >= 0.6 is 0 Å². The summed E-state index contributed by atoms with van der Waals surface area (Å²) in [5.74, 6) is -3.57. The maximum atomic E-state index is 11.0. The monoisotopic (exact) mass is 998 g/mol. The first-order valence-corrected chi connectivity index (χ1v) is 21.1. The van der Waals surface area contributed by atoms with Gasteiger partial charge in [0.2, 0.25) is 17.5 Å². The number of carbonyl (C=O) groups excluding carboxylic acids is 7. The number of nitrogens with one attached hydrogen (secondary N) is 5. The Kier molecular flexibility index (Phi) is 21.9. The van der Waals surface area contributed by atoms with Crippen LogP contribution in [0.4, 0.5) is 10.6 Å². The minimum atomic E-state index is -1.27. The molecule has 4 aliphatic rings. The number of aromatic nitrogens is 4. The summed E-state index contributed by atoms with van der Waals surface area (Å²) >= 11 is 0. The molecule has 380 valence electrons. The van der Waals surface area contributed by atoms with Gasteiger partial charge in [0.15, 0.2) is 28.1 Å². The molecule has 27 nitrogen and oxygen atoms in total. The molecule has 0 radical (unpaired) electrons. The van der Waals surface area contributed by atoms with Gasteiger partial charge in [-0.3, -0.25) is 48.7 Å². The number of carboxylic acid groups (broad SMARTS) is 2. The molecule has 27 heteroatoms. The van der Waals surface area contributed by atoms with Crippen LogP contribution in [0.3, 0.4) is 0 Å². The summed E-state index contributed by atoms with van der Waals surface area (Å²) in [6, 6.07) is 8.56. The van der Waals surface area contributed by atoms with Crippen molar-refractivity contribution in [1.29, 1.82) is 0 Å². The number of aromatic hydroxyl groups is 3. The Labute approximate surface area is 403 Å². The minimum absolute atomic E-state index is 0.0292. The number of phenolic OH excluding ortho intramolecular Hbond substituents is 3. The zero-order valence-corrected chi connectivity index (χ0v) is 37.7. The molecule has 2 aliphatic heterocycles. The highest BCUT2D eigenvalue weighted by molar-refractivity contribution is 6.46. The van der Waals surface area contributed by atoms with E-state index in [1.54, 1.807) is 36.4 Å². The van der Waals surface area contributed by atoms with Crippen LogP contribution in [0.2, 0.25) is 0 Å². The lowest BCUT2D eigenvalue weighted by Crippen LogP contribution is -2.69. The van der Waals surface area contributed by atoms with Crippen molar-refractivity contribution in [1.82, 2.24) is 19.9 Å². The number of carboxylic acids is 2. The maximum absolute atomic E-state index is 11.0. The highest BCUT2D eigenvalue weighted by atomic mass is 16.4. The van der Waals surface area contributed by atoms with Gasteiger partial charge in [-0.15, -0.1) is 0 Å². The molecule has 0 saturated heterocycles. The molecule has 2 unspecified atom stereocenters. The number of allylic oxidation sites excluding steroid dienone is 7. The van der Waals surface area contributed by atoms with E-state index >= 15 is 0 Å². The normalized spacial score (nSPS) is 14.4. The molecular weight excluding hydrogens is 951 g/mol. The molecule has 0 bridgehead atoms. The van der Waals surface area contributed by atoms with E-state index in [1.807, 2.05) is 9.97 Å². The molecule has 8 rings (SSSR count). The number of rotatable bonds is 10. The number of ketones is 3. The van der Waals surface area contributed by atoms with Crippen LogP contribution in [0.5, 0.6) is 17.2 Å². The van der Waals surface area contributed by atoms with Gasteiger partial charge >= 0.3 is 17.4 Å². The number of hydrogen-bond donors (Lipinski definition) is 12. The van der Waals surface area contributed by atoms with E-state index in [9.17, 15) is 63.0 Å². The Hall–Kier alpha value is -9.31. The summed E-state index contributed by atoms with van der Waals surface area (Å²) in [6.07, 6.45) is 12.4. The molecule has 3 amide bonds. The topological polar surface area (TPSA) is 500 Å². The highest BCUT2D eigenvalue weighted by Crippen LogP contribution is 2.24. The van der Waals surface area contributed by atoms with E-state index in [-0.39, 0.29) is 64.4 Å². The minimum Gasteiger partial charge on any atom is -0.548 e. The Morgan fingerprint density at radius 2 is 1.33 bits per heavy atom. The third-order valence-corrected chi connectivity index (χ3v) is 9.47. The van der Waals surface area contributed by atoms with Crippen LogP contribution in [0.15, 0.2) is 120 Å². The van der Waals surface area contributed by atoms with Gasteiger partial charge in [-0.2, -0.15) is 9.98 Å². The Morgan fingerprint density at radius 3 is 1.92 bits per heavy atom. The predicted octanol–water partition coefficient (Wildman–Crippen LogP) is -6.38. The highest BCUT2D eigenvalue weighted by Gasteiger charge is 2.21. The van der Waals surface area contributed by atoms with Crippen molar-refractivity contribution in [3.63, 3.8) is 0 Å². The van der Waals surface area contributed by atoms with Gasteiger partial charge in [-0.05, 0) is 104 Å². The van der Waals surface area contributed by atoms with Gasteiger partial charge < -0.3 is 63.4 Å². The number of nitrogens with two attached hydrogens (primary N) is 3. The summed E-state index contributed by atoms with van der Waals surface area (Å²) in [5.41, 5.74) is 19.5. The van der Waals surface area contributed by atoms with Crippen molar-refractivity contribution in [2.45, 2.75) is 44.2 Å². The third-order valence-electron chi connectivity index (χ3n) is 9.47. The molecule has 72 heavy (non-hydrogen) atoms. The second-order valence-electron chi connectivity index (χ2n) is 15.1. The van der Waals surface area contributed by atoms with E-state index < -0.39 is 64.1 Å². The summed E-state index contributed by atoms with van der Waals surface area (Å²) in [4.78, 5) is 132. The largest absolute Gasteiger partial charge is 0.548 e. The zero-order chi connectivity index (χ0) is 53.7. The molecule has 17 N–H and O–H groups in total. The van der Waals surface area contributed by atoms with Crippen molar-refractivity contribution in [3.8, 4) is 17.2 Å². The lowest BCUT2D eigenvalue weighted by molar-refractivity contribution is -0.437. The van der Waals surface area contributed by atoms with Crippen LogP contribution in [0.25, 0.3) is 0 Å².